The van der Waals surface area contributed by atoms with E-state index in [1.54, 1.807) is 12.4 Å². The summed E-state index contributed by atoms with van der Waals surface area (Å²) in [7, 11) is 0. The summed E-state index contributed by atoms with van der Waals surface area (Å²) >= 11 is 0. The number of amides is 1. The second-order valence-corrected chi connectivity index (χ2v) is 3.85. The van der Waals surface area contributed by atoms with Crippen LogP contribution < -0.4 is 5.32 Å². The molecule has 0 atom stereocenters. The van der Waals surface area contributed by atoms with Crippen molar-refractivity contribution < 1.29 is 9.18 Å². The zero-order valence-corrected chi connectivity index (χ0v) is 9.85. The Balaban J connectivity index is 2.01. The lowest BCUT2D eigenvalue weighted by Crippen LogP contribution is -2.23. The number of hydrogen-bond donors (Lipinski definition) is 1. The molecule has 0 aromatic carbocycles. The average Bonchev–Trinajstić information content (AvgIpc) is 2.38. The highest BCUT2D eigenvalue weighted by Crippen LogP contribution is 2.05. The average molecular weight is 245 g/mol. The van der Waals surface area contributed by atoms with Gasteiger partial charge in [0.05, 0.1) is 5.56 Å². The molecular weight excluding hydrogens is 233 g/mol. The van der Waals surface area contributed by atoms with Gasteiger partial charge < -0.3 is 5.32 Å². The van der Waals surface area contributed by atoms with Crippen LogP contribution in [0, 0.1) is 12.9 Å². The van der Waals surface area contributed by atoms with Crippen molar-refractivity contribution in [2.45, 2.75) is 13.5 Å². The summed E-state index contributed by atoms with van der Waals surface area (Å²) in [6.07, 6.45) is 4.61. The molecule has 4 nitrogen and oxygen atoms in total. The summed E-state index contributed by atoms with van der Waals surface area (Å²) in [4.78, 5) is 19.2. The van der Waals surface area contributed by atoms with E-state index in [2.05, 4.69) is 15.3 Å². The Hall–Kier alpha value is -2.30. The minimum Gasteiger partial charge on any atom is -0.348 e. The van der Waals surface area contributed by atoms with E-state index in [0.29, 0.717) is 12.1 Å². The molecule has 2 rings (SSSR count). The Morgan fingerprint density at radius 1 is 1.33 bits per heavy atom. The number of halogens is 1. The van der Waals surface area contributed by atoms with Gasteiger partial charge in [-0.25, -0.2) is 4.98 Å². The van der Waals surface area contributed by atoms with Crippen LogP contribution in [0.1, 0.15) is 21.5 Å². The first-order chi connectivity index (χ1) is 8.66. The number of pyridine rings is 2. The number of aryl methyl sites for hydroxylation is 1. The summed E-state index contributed by atoms with van der Waals surface area (Å²) in [5.74, 6) is -0.889. The van der Waals surface area contributed by atoms with Gasteiger partial charge in [0.2, 0.25) is 5.95 Å². The second kappa shape index (κ2) is 5.35. The van der Waals surface area contributed by atoms with Crippen molar-refractivity contribution in [2.24, 2.45) is 0 Å². The van der Waals surface area contributed by atoms with E-state index < -0.39 is 5.95 Å². The predicted molar refractivity (Wildman–Crippen MR) is 64.3 cm³/mol. The summed E-state index contributed by atoms with van der Waals surface area (Å²) in [6.45, 7) is 2.33. The van der Waals surface area contributed by atoms with Gasteiger partial charge in [-0.2, -0.15) is 4.39 Å². The van der Waals surface area contributed by atoms with Crippen molar-refractivity contribution in [1.29, 1.82) is 0 Å². The molecule has 0 aliphatic carbocycles. The quantitative estimate of drug-likeness (QED) is 0.840. The Kier molecular flexibility index (Phi) is 3.62. The lowest BCUT2D eigenvalue weighted by atomic mass is 10.1. The minimum atomic E-state index is -0.602. The van der Waals surface area contributed by atoms with Crippen molar-refractivity contribution in [3.05, 3.63) is 59.4 Å². The second-order valence-electron chi connectivity index (χ2n) is 3.85. The molecule has 0 spiro atoms. The lowest BCUT2D eigenvalue weighted by molar-refractivity contribution is 0.0950. The molecule has 0 unspecified atom stereocenters. The molecule has 0 saturated heterocycles. The van der Waals surface area contributed by atoms with Crippen molar-refractivity contribution in [3.8, 4) is 0 Å². The molecule has 92 valence electrons. The molecule has 0 radical (unpaired) electrons. The summed E-state index contributed by atoms with van der Waals surface area (Å²) in [6, 6.07) is 4.43. The third-order valence-electron chi connectivity index (χ3n) is 2.58. The van der Waals surface area contributed by atoms with Crippen LogP contribution in [0.25, 0.3) is 0 Å². The maximum atomic E-state index is 12.6. The van der Waals surface area contributed by atoms with E-state index in [9.17, 15) is 9.18 Å². The first kappa shape index (κ1) is 12.2. The summed E-state index contributed by atoms with van der Waals surface area (Å²) in [5, 5.41) is 2.73. The van der Waals surface area contributed by atoms with Gasteiger partial charge in [0.25, 0.3) is 5.91 Å². The van der Waals surface area contributed by atoms with Gasteiger partial charge in [-0.3, -0.25) is 9.78 Å². The van der Waals surface area contributed by atoms with Gasteiger partial charge >= 0.3 is 0 Å². The fourth-order valence-corrected chi connectivity index (χ4v) is 1.47. The molecule has 18 heavy (non-hydrogen) atoms. The van der Waals surface area contributed by atoms with Crippen molar-refractivity contribution >= 4 is 5.91 Å². The Morgan fingerprint density at radius 3 is 2.83 bits per heavy atom. The fourth-order valence-electron chi connectivity index (χ4n) is 1.47. The van der Waals surface area contributed by atoms with Crippen molar-refractivity contribution in [2.75, 3.05) is 0 Å². The predicted octanol–water partition coefficient (Wildman–Crippen LogP) is 1.85. The van der Waals surface area contributed by atoms with Crippen molar-refractivity contribution in [3.63, 3.8) is 0 Å². The SMILES string of the molecule is Cc1ccncc1CNC(=O)c1ccc(F)nc1. The molecule has 2 aromatic heterocycles. The molecule has 1 N–H and O–H groups in total. The molecule has 0 fully saturated rings. The standard InChI is InChI=1S/C13H12FN3O/c1-9-4-5-15-6-11(9)8-17-13(18)10-2-3-12(14)16-7-10/h2-7H,8H2,1H3,(H,17,18). The number of carbonyl (C=O) groups is 1. The Bertz CT molecular complexity index is 554. The van der Waals surface area contributed by atoms with Crippen LogP contribution in [0.2, 0.25) is 0 Å². The van der Waals surface area contributed by atoms with Crippen LogP contribution in [0.5, 0.6) is 0 Å². The van der Waals surface area contributed by atoms with E-state index in [1.807, 2.05) is 13.0 Å². The number of rotatable bonds is 3. The van der Waals surface area contributed by atoms with Crippen LogP contribution >= 0.6 is 0 Å². The van der Waals surface area contributed by atoms with E-state index in [-0.39, 0.29) is 5.91 Å². The van der Waals surface area contributed by atoms with E-state index >= 15 is 0 Å². The molecule has 0 aliphatic heterocycles. The maximum absolute atomic E-state index is 12.6. The van der Waals surface area contributed by atoms with Gasteiger partial charge in [0, 0.05) is 25.1 Å². The molecule has 0 aliphatic rings. The Morgan fingerprint density at radius 2 is 2.17 bits per heavy atom. The highest BCUT2D eigenvalue weighted by Gasteiger charge is 2.06. The number of aromatic nitrogens is 2. The number of nitrogens with zero attached hydrogens (tertiary/aromatic N) is 2. The summed E-state index contributed by atoms with van der Waals surface area (Å²) < 4.78 is 12.6. The van der Waals surface area contributed by atoms with Crippen LogP contribution in [-0.4, -0.2) is 15.9 Å². The number of nitrogens with one attached hydrogen (secondary N) is 1. The van der Waals surface area contributed by atoms with Gasteiger partial charge in [0.15, 0.2) is 0 Å². The van der Waals surface area contributed by atoms with Crippen LogP contribution in [0.3, 0.4) is 0 Å². The van der Waals surface area contributed by atoms with Gasteiger partial charge in [-0.1, -0.05) is 0 Å². The van der Waals surface area contributed by atoms with Crippen molar-refractivity contribution in [1.82, 2.24) is 15.3 Å². The lowest BCUT2D eigenvalue weighted by Gasteiger charge is -2.07. The highest BCUT2D eigenvalue weighted by atomic mass is 19.1. The minimum absolute atomic E-state index is 0.286. The van der Waals surface area contributed by atoms with Gasteiger partial charge in [0.1, 0.15) is 0 Å². The van der Waals surface area contributed by atoms with Crippen LogP contribution in [0.15, 0.2) is 36.8 Å². The largest absolute Gasteiger partial charge is 0.348 e. The molecule has 2 heterocycles. The van der Waals surface area contributed by atoms with Crippen LogP contribution in [0.4, 0.5) is 4.39 Å². The van der Waals surface area contributed by atoms with Gasteiger partial charge in [-0.15, -0.1) is 0 Å². The normalized spacial score (nSPS) is 10.1. The first-order valence-electron chi connectivity index (χ1n) is 5.46. The molecule has 0 saturated carbocycles. The zero-order valence-electron chi connectivity index (χ0n) is 9.85. The van der Waals surface area contributed by atoms with E-state index in [4.69, 9.17) is 0 Å². The fraction of sp³-hybridized carbons (Fsp3) is 0.154. The molecule has 1 amide bonds. The third-order valence-corrected chi connectivity index (χ3v) is 2.58. The molecule has 2 aromatic rings. The highest BCUT2D eigenvalue weighted by molar-refractivity contribution is 5.93. The third kappa shape index (κ3) is 2.88. The smallest absolute Gasteiger partial charge is 0.253 e. The maximum Gasteiger partial charge on any atom is 0.253 e. The molecule has 0 bridgehead atoms. The van der Waals surface area contributed by atoms with Crippen LogP contribution in [-0.2, 0) is 6.54 Å². The molecule has 5 heteroatoms. The zero-order chi connectivity index (χ0) is 13.0. The van der Waals surface area contributed by atoms with E-state index in [1.165, 1.54) is 12.3 Å². The first-order valence-corrected chi connectivity index (χ1v) is 5.46. The number of carbonyl (C=O) groups excluding carboxylic acids is 1. The Labute approximate surface area is 104 Å². The topological polar surface area (TPSA) is 54.9 Å². The monoisotopic (exact) mass is 245 g/mol. The van der Waals surface area contributed by atoms with E-state index in [0.717, 1.165) is 17.2 Å². The number of hydrogen-bond acceptors (Lipinski definition) is 3. The van der Waals surface area contributed by atoms with Gasteiger partial charge in [-0.05, 0) is 36.2 Å². The molecular formula is C13H12FN3O. The summed E-state index contributed by atoms with van der Waals surface area (Å²) in [5.41, 5.74) is 2.33.